The number of hydrogen-bond donors (Lipinski definition) is 2. The molecule has 2 aromatic rings. The van der Waals surface area contributed by atoms with Crippen LogP contribution in [0.25, 0.3) is 11.3 Å². The summed E-state index contributed by atoms with van der Waals surface area (Å²) in [4.78, 5) is 1.30. The van der Waals surface area contributed by atoms with Gasteiger partial charge in [0.2, 0.25) is 0 Å². The quantitative estimate of drug-likeness (QED) is 0.909. The number of thiophene rings is 1. The third kappa shape index (κ3) is 2.36. The van der Waals surface area contributed by atoms with Crippen molar-refractivity contribution in [1.29, 1.82) is 0 Å². The van der Waals surface area contributed by atoms with Crippen LogP contribution in [-0.2, 0) is 6.54 Å². The average Bonchev–Trinajstić information content (AvgIpc) is 2.81. The summed E-state index contributed by atoms with van der Waals surface area (Å²) in [5.41, 5.74) is 3.58. The lowest BCUT2D eigenvalue weighted by atomic mass is 10.1. The summed E-state index contributed by atoms with van der Waals surface area (Å²) >= 11 is 5.26. The Morgan fingerprint density at radius 2 is 2.38 bits per heavy atom. The molecule has 3 nitrogen and oxygen atoms in total. The molecule has 0 saturated carbocycles. The molecule has 16 heavy (non-hydrogen) atoms. The van der Waals surface area contributed by atoms with Gasteiger partial charge in [0.05, 0.1) is 15.7 Å². The number of nitrogens with one attached hydrogen (secondary N) is 2. The van der Waals surface area contributed by atoms with Crippen molar-refractivity contribution in [3.05, 3.63) is 26.5 Å². The molecule has 0 bridgehead atoms. The molecule has 0 aromatic carbocycles. The molecule has 0 fully saturated rings. The highest BCUT2D eigenvalue weighted by molar-refractivity contribution is 9.11. The van der Waals surface area contributed by atoms with E-state index >= 15 is 0 Å². The van der Waals surface area contributed by atoms with Gasteiger partial charge in [-0.2, -0.15) is 5.10 Å². The number of aryl methyl sites for hydroxylation is 1. The average molecular weight is 300 g/mol. The van der Waals surface area contributed by atoms with Gasteiger partial charge in [0, 0.05) is 22.5 Å². The van der Waals surface area contributed by atoms with Crippen LogP contribution < -0.4 is 5.32 Å². The Hall–Kier alpha value is -0.650. The fourth-order valence-corrected chi connectivity index (χ4v) is 3.33. The molecule has 0 unspecified atom stereocenters. The zero-order valence-electron chi connectivity index (χ0n) is 9.30. The minimum absolute atomic E-state index is 0.856. The van der Waals surface area contributed by atoms with Gasteiger partial charge in [-0.05, 0) is 35.5 Å². The van der Waals surface area contributed by atoms with Crippen LogP contribution in [0.3, 0.4) is 0 Å². The highest BCUT2D eigenvalue weighted by atomic mass is 79.9. The number of aromatic nitrogens is 2. The number of hydrogen-bond acceptors (Lipinski definition) is 3. The van der Waals surface area contributed by atoms with Gasteiger partial charge in [-0.25, -0.2) is 0 Å². The maximum absolute atomic E-state index is 4.13. The van der Waals surface area contributed by atoms with Crippen LogP contribution in [0.2, 0.25) is 0 Å². The highest BCUT2D eigenvalue weighted by Gasteiger charge is 2.12. The number of rotatable bonds is 4. The third-order valence-corrected chi connectivity index (χ3v) is 3.99. The molecule has 0 atom stereocenters. The van der Waals surface area contributed by atoms with E-state index in [1.807, 2.05) is 6.20 Å². The predicted molar refractivity (Wildman–Crippen MR) is 71.7 cm³/mol. The fourth-order valence-electron chi connectivity index (χ4n) is 1.63. The van der Waals surface area contributed by atoms with Crippen LogP contribution in [0.1, 0.15) is 17.4 Å². The summed E-state index contributed by atoms with van der Waals surface area (Å²) in [7, 11) is 0. The van der Waals surface area contributed by atoms with Gasteiger partial charge < -0.3 is 5.32 Å². The molecule has 2 heterocycles. The molecule has 0 aliphatic carbocycles. The van der Waals surface area contributed by atoms with Gasteiger partial charge >= 0.3 is 0 Å². The Morgan fingerprint density at radius 1 is 1.56 bits per heavy atom. The Bertz CT molecular complexity index is 475. The van der Waals surface area contributed by atoms with Crippen molar-refractivity contribution in [3.8, 4) is 11.3 Å². The van der Waals surface area contributed by atoms with Gasteiger partial charge in [-0.15, -0.1) is 11.3 Å². The lowest BCUT2D eigenvalue weighted by molar-refractivity contribution is 0.728. The van der Waals surface area contributed by atoms with Gasteiger partial charge in [-0.1, -0.05) is 6.92 Å². The molecule has 0 radical (unpaired) electrons. The second kappa shape index (κ2) is 5.12. The minimum atomic E-state index is 0.856. The van der Waals surface area contributed by atoms with Crippen LogP contribution >= 0.6 is 27.3 Å². The van der Waals surface area contributed by atoms with Gasteiger partial charge in [0.15, 0.2) is 0 Å². The molecular formula is C11H14BrN3S. The summed E-state index contributed by atoms with van der Waals surface area (Å²) in [6, 6.07) is 2.14. The largest absolute Gasteiger partial charge is 0.313 e. The smallest absolute Gasteiger partial charge is 0.0708 e. The first-order valence-corrected chi connectivity index (χ1v) is 6.82. The zero-order valence-corrected chi connectivity index (χ0v) is 11.7. The van der Waals surface area contributed by atoms with Crippen LogP contribution in [0, 0.1) is 6.92 Å². The second-order valence-electron chi connectivity index (χ2n) is 3.57. The normalized spacial score (nSPS) is 10.9. The van der Waals surface area contributed by atoms with Gasteiger partial charge in [0.1, 0.15) is 0 Å². The summed E-state index contributed by atoms with van der Waals surface area (Å²) in [6.45, 7) is 6.06. The Balaban J connectivity index is 2.33. The molecule has 2 N–H and O–H groups in total. The third-order valence-electron chi connectivity index (χ3n) is 2.44. The first kappa shape index (κ1) is 11.8. The van der Waals surface area contributed by atoms with E-state index < -0.39 is 0 Å². The maximum Gasteiger partial charge on any atom is 0.0708 e. The van der Waals surface area contributed by atoms with Gasteiger partial charge in [-0.3, -0.25) is 5.10 Å². The zero-order chi connectivity index (χ0) is 11.5. The van der Waals surface area contributed by atoms with E-state index in [0.717, 1.165) is 22.6 Å². The van der Waals surface area contributed by atoms with Crippen molar-refractivity contribution in [1.82, 2.24) is 15.5 Å². The molecule has 2 rings (SSSR count). The molecule has 0 saturated heterocycles. The summed E-state index contributed by atoms with van der Waals surface area (Å²) in [6.07, 6.45) is 1.89. The molecule has 2 aromatic heterocycles. The first-order chi connectivity index (χ1) is 7.72. The van der Waals surface area contributed by atoms with Crippen LogP contribution in [0.4, 0.5) is 0 Å². The van der Waals surface area contributed by atoms with E-state index in [1.54, 1.807) is 11.3 Å². The highest BCUT2D eigenvalue weighted by Crippen LogP contribution is 2.34. The Morgan fingerprint density at radius 3 is 3.00 bits per heavy atom. The van der Waals surface area contributed by atoms with E-state index in [0.29, 0.717) is 0 Å². The maximum atomic E-state index is 4.13. The molecule has 0 amide bonds. The molecule has 86 valence electrons. The van der Waals surface area contributed by atoms with Crippen LogP contribution in [0.5, 0.6) is 0 Å². The Kier molecular flexibility index (Phi) is 3.78. The topological polar surface area (TPSA) is 40.7 Å². The molecule has 5 heteroatoms. The van der Waals surface area contributed by atoms with Crippen molar-refractivity contribution >= 4 is 27.3 Å². The van der Waals surface area contributed by atoms with E-state index in [1.165, 1.54) is 16.0 Å². The lowest BCUT2D eigenvalue weighted by Crippen LogP contribution is -2.11. The molecule has 0 aliphatic rings. The number of nitrogens with zero attached hydrogens (tertiary/aromatic N) is 1. The van der Waals surface area contributed by atoms with Crippen molar-refractivity contribution in [2.24, 2.45) is 0 Å². The second-order valence-corrected chi connectivity index (χ2v) is 6.21. The monoisotopic (exact) mass is 299 g/mol. The van der Waals surface area contributed by atoms with E-state index in [2.05, 4.69) is 51.4 Å². The predicted octanol–water partition coefficient (Wildman–Crippen LogP) is 3.32. The van der Waals surface area contributed by atoms with Crippen molar-refractivity contribution in [3.63, 3.8) is 0 Å². The minimum Gasteiger partial charge on any atom is -0.313 e. The molecular weight excluding hydrogens is 286 g/mol. The SMILES string of the molecule is CCNCc1cn[nH]c1-c1cc(Br)sc1C. The lowest BCUT2D eigenvalue weighted by Gasteiger charge is -2.02. The van der Waals surface area contributed by atoms with Gasteiger partial charge in [0.25, 0.3) is 0 Å². The number of halogens is 1. The first-order valence-electron chi connectivity index (χ1n) is 5.21. The van der Waals surface area contributed by atoms with E-state index in [9.17, 15) is 0 Å². The number of H-pyrrole nitrogens is 1. The van der Waals surface area contributed by atoms with Crippen molar-refractivity contribution in [2.45, 2.75) is 20.4 Å². The molecule has 0 spiro atoms. The Labute approximate surface area is 107 Å². The standard InChI is InChI=1S/C11H14BrN3S/c1-3-13-5-8-6-14-15-11(8)9-4-10(12)16-7(9)2/h4,6,13H,3,5H2,1-2H3,(H,14,15). The van der Waals surface area contributed by atoms with Crippen molar-refractivity contribution in [2.75, 3.05) is 6.54 Å². The number of aromatic amines is 1. The fraction of sp³-hybridized carbons (Fsp3) is 0.364. The van der Waals surface area contributed by atoms with E-state index in [4.69, 9.17) is 0 Å². The molecule has 0 aliphatic heterocycles. The summed E-state index contributed by atoms with van der Waals surface area (Å²) < 4.78 is 1.16. The van der Waals surface area contributed by atoms with E-state index in [-0.39, 0.29) is 0 Å². The summed E-state index contributed by atoms with van der Waals surface area (Å²) in [5.74, 6) is 0. The van der Waals surface area contributed by atoms with Crippen LogP contribution in [-0.4, -0.2) is 16.7 Å². The van der Waals surface area contributed by atoms with Crippen molar-refractivity contribution < 1.29 is 0 Å². The summed E-state index contributed by atoms with van der Waals surface area (Å²) in [5, 5.41) is 10.5. The van der Waals surface area contributed by atoms with Crippen LogP contribution in [0.15, 0.2) is 16.0 Å².